The summed E-state index contributed by atoms with van der Waals surface area (Å²) in [7, 11) is 0. The molecule has 2 atom stereocenters. The molecule has 5 rings (SSSR count). The summed E-state index contributed by atoms with van der Waals surface area (Å²) in [6.45, 7) is 5.66. The number of benzene rings is 3. The molecular formula is C31H31F2N3O2. The van der Waals surface area contributed by atoms with Gasteiger partial charge in [0.2, 0.25) is 11.8 Å². The molecule has 1 fully saturated rings. The van der Waals surface area contributed by atoms with Crippen LogP contribution in [-0.2, 0) is 13.2 Å². The van der Waals surface area contributed by atoms with Crippen LogP contribution in [0.3, 0.4) is 0 Å². The van der Waals surface area contributed by atoms with Crippen molar-refractivity contribution in [2.24, 2.45) is 0 Å². The zero-order valence-electron chi connectivity index (χ0n) is 21.5. The van der Waals surface area contributed by atoms with Gasteiger partial charge in [0.25, 0.3) is 0 Å². The molecule has 38 heavy (non-hydrogen) atoms. The Morgan fingerprint density at radius 1 is 0.789 bits per heavy atom. The second-order valence-corrected chi connectivity index (χ2v) is 9.71. The third-order valence-electron chi connectivity index (χ3n) is 6.48. The number of rotatable bonds is 8. The van der Waals surface area contributed by atoms with Crippen molar-refractivity contribution in [2.75, 3.05) is 18.0 Å². The summed E-state index contributed by atoms with van der Waals surface area (Å²) in [4.78, 5) is 6.33. The van der Waals surface area contributed by atoms with Crippen LogP contribution in [0.15, 0.2) is 84.9 Å². The third-order valence-corrected chi connectivity index (χ3v) is 6.48. The van der Waals surface area contributed by atoms with Crippen LogP contribution >= 0.6 is 0 Å². The summed E-state index contributed by atoms with van der Waals surface area (Å²) in [5.74, 6) is -0.614. The Balaban J connectivity index is 1.45. The predicted molar refractivity (Wildman–Crippen MR) is 145 cm³/mol. The second-order valence-electron chi connectivity index (χ2n) is 9.71. The predicted octanol–water partition coefficient (Wildman–Crippen LogP) is 6.37. The third kappa shape index (κ3) is 6.11. The fraction of sp³-hybridized carbons (Fsp3) is 0.258. The van der Waals surface area contributed by atoms with E-state index in [4.69, 9.17) is 9.47 Å². The first-order valence-corrected chi connectivity index (χ1v) is 12.8. The van der Waals surface area contributed by atoms with Crippen LogP contribution in [-0.4, -0.2) is 30.2 Å². The molecule has 5 nitrogen and oxygen atoms in total. The first-order chi connectivity index (χ1) is 18.5. The van der Waals surface area contributed by atoms with Crippen molar-refractivity contribution >= 4 is 5.69 Å². The van der Waals surface area contributed by atoms with Gasteiger partial charge in [-0.15, -0.1) is 0 Å². The van der Waals surface area contributed by atoms with Gasteiger partial charge in [-0.25, -0.2) is 8.78 Å². The van der Waals surface area contributed by atoms with E-state index in [1.54, 1.807) is 17.0 Å². The fourth-order valence-electron chi connectivity index (χ4n) is 4.82. The van der Waals surface area contributed by atoms with Gasteiger partial charge in [0, 0.05) is 36.8 Å². The van der Waals surface area contributed by atoms with Crippen molar-refractivity contribution in [1.29, 1.82) is 0 Å². The molecule has 7 heteroatoms. The van der Waals surface area contributed by atoms with Gasteiger partial charge in [0.1, 0.15) is 30.5 Å². The standard InChI is InChI=1S/C31H31F2N3O2/c1-21-17-36(18-22(2)34-21)30-27(32)15-25(16-28(30)33)26-13-14-29(37-19-23-9-5-3-6-10-23)35-31(26)38-20-24-11-7-4-8-12-24/h3-16,21-22,34H,17-20H2,1-2H3/t21-,22+. The summed E-state index contributed by atoms with van der Waals surface area (Å²) >= 11 is 0. The van der Waals surface area contributed by atoms with Crippen LogP contribution in [0.2, 0.25) is 0 Å². The lowest BCUT2D eigenvalue weighted by atomic mass is 10.0. The maximum absolute atomic E-state index is 15.4. The van der Waals surface area contributed by atoms with E-state index in [1.807, 2.05) is 74.5 Å². The summed E-state index contributed by atoms with van der Waals surface area (Å²) in [5.41, 5.74) is 2.79. The maximum Gasteiger partial charge on any atom is 0.225 e. The lowest BCUT2D eigenvalue weighted by Gasteiger charge is -2.38. The van der Waals surface area contributed by atoms with Crippen LogP contribution < -0.4 is 19.7 Å². The minimum Gasteiger partial charge on any atom is -0.473 e. The zero-order valence-corrected chi connectivity index (χ0v) is 21.5. The van der Waals surface area contributed by atoms with Gasteiger partial charge in [0.15, 0.2) is 0 Å². The Morgan fingerprint density at radius 3 is 1.92 bits per heavy atom. The molecule has 1 saturated heterocycles. The molecule has 1 N–H and O–H groups in total. The SMILES string of the molecule is C[C@@H]1CN(c2c(F)cc(-c3ccc(OCc4ccccc4)nc3OCc3ccccc3)cc2F)C[C@H](C)N1. The van der Waals surface area contributed by atoms with Crippen molar-refractivity contribution in [3.05, 3.63) is 108 Å². The average molecular weight is 516 g/mol. The number of piperazine rings is 1. The van der Waals surface area contributed by atoms with E-state index in [0.717, 1.165) is 11.1 Å². The molecule has 0 saturated carbocycles. The maximum atomic E-state index is 15.4. The number of halogens is 2. The van der Waals surface area contributed by atoms with E-state index < -0.39 is 11.6 Å². The van der Waals surface area contributed by atoms with E-state index in [2.05, 4.69) is 10.3 Å². The number of nitrogens with one attached hydrogen (secondary N) is 1. The minimum absolute atomic E-state index is 0.00326. The molecule has 196 valence electrons. The van der Waals surface area contributed by atoms with Crippen LogP contribution in [0.4, 0.5) is 14.5 Å². The molecule has 0 aliphatic carbocycles. The highest BCUT2D eigenvalue weighted by molar-refractivity contribution is 5.72. The molecule has 4 aromatic rings. The van der Waals surface area contributed by atoms with E-state index in [-0.39, 0.29) is 30.3 Å². The van der Waals surface area contributed by atoms with Gasteiger partial charge >= 0.3 is 0 Å². The first-order valence-electron chi connectivity index (χ1n) is 12.8. The van der Waals surface area contributed by atoms with Crippen molar-refractivity contribution < 1.29 is 18.3 Å². The lowest BCUT2D eigenvalue weighted by Crippen LogP contribution is -2.54. The van der Waals surface area contributed by atoms with Gasteiger partial charge in [-0.2, -0.15) is 4.98 Å². The quantitative estimate of drug-likeness (QED) is 0.295. The Hall–Kier alpha value is -3.97. The molecule has 0 unspecified atom stereocenters. The zero-order chi connectivity index (χ0) is 26.5. The summed E-state index contributed by atoms with van der Waals surface area (Å²) in [6.07, 6.45) is 0. The largest absolute Gasteiger partial charge is 0.473 e. The van der Waals surface area contributed by atoms with Gasteiger partial charge < -0.3 is 19.7 Å². The molecule has 1 aliphatic heterocycles. The van der Waals surface area contributed by atoms with Crippen molar-refractivity contribution in [3.63, 3.8) is 0 Å². The number of ether oxygens (including phenoxy) is 2. The molecule has 3 aromatic carbocycles. The van der Waals surface area contributed by atoms with Crippen LogP contribution in [0.5, 0.6) is 11.8 Å². The number of hydrogen-bond donors (Lipinski definition) is 1. The Morgan fingerprint density at radius 2 is 1.34 bits per heavy atom. The Kier molecular flexibility index (Phi) is 7.84. The normalized spacial score (nSPS) is 17.3. The lowest BCUT2D eigenvalue weighted by molar-refractivity contribution is 0.268. The minimum atomic E-state index is -0.611. The first kappa shape index (κ1) is 25.7. The highest BCUT2D eigenvalue weighted by Crippen LogP contribution is 2.36. The molecule has 0 amide bonds. The molecule has 0 bridgehead atoms. The molecule has 0 radical (unpaired) electrons. The molecule has 1 aromatic heterocycles. The van der Waals surface area contributed by atoms with Gasteiger partial charge in [-0.1, -0.05) is 60.7 Å². The second kappa shape index (κ2) is 11.6. The van der Waals surface area contributed by atoms with E-state index in [9.17, 15) is 0 Å². The number of nitrogens with zero attached hydrogens (tertiary/aromatic N) is 2. The van der Waals surface area contributed by atoms with Gasteiger partial charge in [0.05, 0.1) is 0 Å². The fourth-order valence-corrected chi connectivity index (χ4v) is 4.82. The Bertz CT molecular complexity index is 1340. The van der Waals surface area contributed by atoms with Crippen LogP contribution in [0.1, 0.15) is 25.0 Å². The molecule has 1 aliphatic rings. The molecule has 2 heterocycles. The van der Waals surface area contributed by atoms with E-state index in [1.165, 1.54) is 12.1 Å². The summed E-state index contributed by atoms with van der Waals surface area (Å²) in [6, 6.07) is 25.8. The number of aromatic nitrogens is 1. The van der Waals surface area contributed by atoms with Crippen LogP contribution in [0, 0.1) is 11.6 Å². The molecular weight excluding hydrogens is 484 g/mol. The highest BCUT2D eigenvalue weighted by atomic mass is 19.1. The topological polar surface area (TPSA) is 46.6 Å². The van der Waals surface area contributed by atoms with E-state index in [0.29, 0.717) is 36.7 Å². The number of anilines is 1. The summed E-state index contributed by atoms with van der Waals surface area (Å²) in [5, 5.41) is 3.39. The van der Waals surface area contributed by atoms with Crippen molar-refractivity contribution in [2.45, 2.75) is 39.1 Å². The van der Waals surface area contributed by atoms with Crippen molar-refractivity contribution in [3.8, 4) is 22.9 Å². The summed E-state index contributed by atoms with van der Waals surface area (Å²) < 4.78 is 42.8. The highest BCUT2D eigenvalue weighted by Gasteiger charge is 2.26. The van der Waals surface area contributed by atoms with Gasteiger partial charge in [-0.3, -0.25) is 0 Å². The Labute approximate surface area is 222 Å². The number of pyridine rings is 1. The molecule has 0 spiro atoms. The average Bonchev–Trinajstić information content (AvgIpc) is 2.91. The van der Waals surface area contributed by atoms with Crippen LogP contribution in [0.25, 0.3) is 11.1 Å². The van der Waals surface area contributed by atoms with E-state index >= 15 is 8.78 Å². The monoisotopic (exact) mass is 515 g/mol. The van der Waals surface area contributed by atoms with Gasteiger partial charge in [-0.05, 0) is 48.7 Å². The number of hydrogen-bond acceptors (Lipinski definition) is 5. The smallest absolute Gasteiger partial charge is 0.225 e. The van der Waals surface area contributed by atoms with Crippen molar-refractivity contribution in [1.82, 2.24) is 10.3 Å².